The molecular weight excluding hydrogens is 220 g/mol. The highest BCUT2D eigenvalue weighted by Crippen LogP contribution is 1.91. The van der Waals surface area contributed by atoms with Crippen molar-refractivity contribution in [2.75, 3.05) is 0 Å². The fourth-order valence-corrected chi connectivity index (χ4v) is 1.28. The molecule has 1 saturated heterocycles. The van der Waals surface area contributed by atoms with E-state index in [0.29, 0.717) is 0 Å². The minimum absolute atomic E-state index is 0.0830. The average molecular weight is 234 g/mol. The van der Waals surface area contributed by atoms with Gasteiger partial charge in [-0.1, -0.05) is 0 Å². The van der Waals surface area contributed by atoms with Crippen LogP contribution in [-0.2, 0) is 4.79 Å². The monoisotopic (exact) mass is 234 g/mol. The maximum atomic E-state index is 11.3. The predicted octanol–water partition coefficient (Wildman–Crippen LogP) is -1.10. The highest BCUT2D eigenvalue weighted by atomic mass is 16.2. The summed E-state index contributed by atoms with van der Waals surface area (Å²) in [6.07, 6.45) is 4.60. The van der Waals surface area contributed by atoms with Gasteiger partial charge in [0, 0.05) is 12.4 Å². The summed E-state index contributed by atoms with van der Waals surface area (Å²) in [6, 6.07) is 3.41. The van der Waals surface area contributed by atoms with Crippen LogP contribution in [0.25, 0.3) is 0 Å². The standard InChI is InChI=1S/C10H14N6O/c1-7-9(17)13-10(16-14-7)15-12-6-8-2-4-11-5-3-8/h2-7,10,14-16H,1H3,(H,13,17)/b12-6+. The van der Waals surface area contributed by atoms with Crippen LogP contribution in [0, 0.1) is 0 Å². The SMILES string of the molecule is CC1NNC(N/N=C/c2ccncc2)NC1=O. The van der Waals surface area contributed by atoms with Crippen molar-refractivity contribution in [1.29, 1.82) is 0 Å². The number of aromatic nitrogens is 1. The van der Waals surface area contributed by atoms with Crippen molar-refractivity contribution in [1.82, 2.24) is 26.6 Å². The van der Waals surface area contributed by atoms with Crippen LogP contribution in [0.5, 0.6) is 0 Å². The van der Waals surface area contributed by atoms with E-state index in [2.05, 4.69) is 31.7 Å². The van der Waals surface area contributed by atoms with Crippen LogP contribution >= 0.6 is 0 Å². The molecule has 2 unspecified atom stereocenters. The molecule has 1 fully saturated rings. The topological polar surface area (TPSA) is 90.4 Å². The third-order valence-electron chi connectivity index (χ3n) is 2.25. The molecule has 0 aromatic carbocycles. The van der Waals surface area contributed by atoms with Gasteiger partial charge in [-0.05, 0) is 24.6 Å². The first-order chi connectivity index (χ1) is 8.25. The summed E-state index contributed by atoms with van der Waals surface area (Å²) in [7, 11) is 0. The lowest BCUT2D eigenvalue weighted by atomic mass is 10.3. The second-order valence-corrected chi connectivity index (χ2v) is 3.62. The van der Waals surface area contributed by atoms with Crippen LogP contribution < -0.4 is 21.6 Å². The maximum absolute atomic E-state index is 11.3. The lowest BCUT2D eigenvalue weighted by Gasteiger charge is -2.28. The quantitative estimate of drug-likeness (QED) is 0.394. The largest absolute Gasteiger partial charge is 0.320 e. The number of hydrogen-bond donors (Lipinski definition) is 4. The van der Waals surface area contributed by atoms with Crippen LogP contribution in [0.3, 0.4) is 0 Å². The van der Waals surface area contributed by atoms with Gasteiger partial charge < -0.3 is 5.32 Å². The van der Waals surface area contributed by atoms with Gasteiger partial charge in [-0.25, -0.2) is 10.9 Å². The number of carbonyl (C=O) groups is 1. The molecule has 90 valence electrons. The third-order valence-corrected chi connectivity index (χ3v) is 2.25. The van der Waals surface area contributed by atoms with Crippen molar-refractivity contribution in [2.24, 2.45) is 5.10 Å². The van der Waals surface area contributed by atoms with Crippen LogP contribution in [-0.4, -0.2) is 29.4 Å². The van der Waals surface area contributed by atoms with Crippen LogP contribution in [0.4, 0.5) is 0 Å². The zero-order valence-corrected chi connectivity index (χ0v) is 9.34. The van der Waals surface area contributed by atoms with Crippen molar-refractivity contribution >= 4 is 12.1 Å². The maximum Gasteiger partial charge on any atom is 0.240 e. The molecule has 0 radical (unpaired) electrons. The summed E-state index contributed by atoms with van der Waals surface area (Å²) >= 11 is 0. The van der Waals surface area contributed by atoms with E-state index in [0.717, 1.165) is 5.56 Å². The molecule has 1 aromatic heterocycles. The van der Waals surface area contributed by atoms with Gasteiger partial charge in [0.25, 0.3) is 0 Å². The Morgan fingerprint density at radius 2 is 2.18 bits per heavy atom. The number of carbonyl (C=O) groups excluding carboxylic acids is 1. The lowest BCUT2D eigenvalue weighted by molar-refractivity contribution is -0.126. The van der Waals surface area contributed by atoms with E-state index in [1.54, 1.807) is 25.5 Å². The summed E-state index contributed by atoms with van der Waals surface area (Å²) in [4.78, 5) is 15.2. The number of nitrogens with one attached hydrogen (secondary N) is 4. The molecule has 1 aliphatic heterocycles. The summed E-state index contributed by atoms with van der Waals surface area (Å²) in [5.41, 5.74) is 9.38. The molecule has 2 atom stereocenters. The molecule has 7 nitrogen and oxygen atoms in total. The second-order valence-electron chi connectivity index (χ2n) is 3.62. The predicted molar refractivity (Wildman–Crippen MR) is 62.6 cm³/mol. The third kappa shape index (κ3) is 3.23. The Kier molecular flexibility index (Phi) is 3.63. The fraction of sp³-hybridized carbons (Fsp3) is 0.300. The zero-order valence-electron chi connectivity index (χ0n) is 9.34. The molecule has 1 amide bonds. The molecule has 2 rings (SSSR count). The van der Waals surface area contributed by atoms with E-state index in [1.165, 1.54) is 0 Å². The van der Waals surface area contributed by atoms with E-state index in [-0.39, 0.29) is 11.9 Å². The number of pyridine rings is 1. The number of hydrogen-bond acceptors (Lipinski definition) is 6. The number of nitrogens with zero attached hydrogens (tertiary/aromatic N) is 2. The average Bonchev–Trinajstić information content (AvgIpc) is 2.35. The molecule has 0 aliphatic carbocycles. The van der Waals surface area contributed by atoms with Crippen molar-refractivity contribution in [2.45, 2.75) is 19.3 Å². The molecule has 4 N–H and O–H groups in total. The normalized spacial score (nSPS) is 24.6. The molecule has 0 bridgehead atoms. The number of hydrazine groups is 1. The zero-order chi connectivity index (χ0) is 12.1. The highest BCUT2D eigenvalue weighted by Gasteiger charge is 2.22. The van der Waals surface area contributed by atoms with Crippen molar-refractivity contribution < 1.29 is 4.79 Å². The second kappa shape index (κ2) is 5.37. The summed E-state index contributed by atoms with van der Waals surface area (Å²) in [5, 5.41) is 6.71. The Labute approximate surface area is 98.7 Å². The summed E-state index contributed by atoms with van der Waals surface area (Å²) < 4.78 is 0. The van der Waals surface area contributed by atoms with Gasteiger partial charge >= 0.3 is 0 Å². The van der Waals surface area contributed by atoms with Crippen LogP contribution in [0.15, 0.2) is 29.6 Å². The van der Waals surface area contributed by atoms with E-state index in [1.807, 2.05) is 12.1 Å². The Bertz CT molecular complexity index is 407. The Hall–Kier alpha value is -1.99. The first-order valence-electron chi connectivity index (χ1n) is 5.26. The van der Waals surface area contributed by atoms with Gasteiger partial charge in [-0.2, -0.15) is 5.10 Å². The molecule has 1 aromatic rings. The molecular formula is C10H14N6O. The van der Waals surface area contributed by atoms with Gasteiger partial charge in [0.2, 0.25) is 5.91 Å². The number of hydrazone groups is 1. The molecule has 17 heavy (non-hydrogen) atoms. The van der Waals surface area contributed by atoms with Gasteiger partial charge in [0.1, 0.15) is 0 Å². The van der Waals surface area contributed by atoms with Gasteiger partial charge in [-0.15, -0.1) is 0 Å². The number of rotatable bonds is 3. The van der Waals surface area contributed by atoms with Gasteiger partial charge in [-0.3, -0.25) is 15.2 Å². The minimum Gasteiger partial charge on any atom is -0.320 e. The highest BCUT2D eigenvalue weighted by molar-refractivity contribution is 5.82. The van der Waals surface area contributed by atoms with E-state index < -0.39 is 6.29 Å². The van der Waals surface area contributed by atoms with Gasteiger partial charge in [0.15, 0.2) is 6.29 Å². The van der Waals surface area contributed by atoms with Crippen LogP contribution in [0.1, 0.15) is 12.5 Å². The molecule has 2 heterocycles. The molecule has 7 heteroatoms. The first-order valence-corrected chi connectivity index (χ1v) is 5.26. The Morgan fingerprint density at radius 3 is 2.88 bits per heavy atom. The van der Waals surface area contributed by atoms with E-state index in [9.17, 15) is 4.79 Å². The fourth-order valence-electron chi connectivity index (χ4n) is 1.28. The minimum atomic E-state index is -0.420. The first kappa shape index (κ1) is 11.5. The van der Waals surface area contributed by atoms with Crippen molar-refractivity contribution in [3.8, 4) is 0 Å². The van der Waals surface area contributed by atoms with Crippen molar-refractivity contribution in [3.05, 3.63) is 30.1 Å². The van der Waals surface area contributed by atoms with Crippen molar-refractivity contribution in [3.63, 3.8) is 0 Å². The summed E-state index contributed by atoms with van der Waals surface area (Å²) in [5.74, 6) is -0.0830. The van der Waals surface area contributed by atoms with E-state index >= 15 is 0 Å². The Morgan fingerprint density at radius 1 is 1.41 bits per heavy atom. The summed E-state index contributed by atoms with van der Waals surface area (Å²) in [6.45, 7) is 1.76. The number of amides is 1. The van der Waals surface area contributed by atoms with E-state index in [4.69, 9.17) is 0 Å². The van der Waals surface area contributed by atoms with Gasteiger partial charge in [0.05, 0.1) is 12.3 Å². The Balaban J connectivity index is 1.83. The molecule has 0 saturated carbocycles. The van der Waals surface area contributed by atoms with Crippen LogP contribution in [0.2, 0.25) is 0 Å². The molecule has 0 spiro atoms. The smallest absolute Gasteiger partial charge is 0.240 e. The lowest BCUT2D eigenvalue weighted by Crippen LogP contribution is -2.68. The molecule has 1 aliphatic rings.